The van der Waals surface area contributed by atoms with Crippen LogP contribution in [0.1, 0.15) is 0 Å². The van der Waals surface area contributed by atoms with Crippen molar-refractivity contribution in [3.63, 3.8) is 0 Å². The Bertz CT molecular complexity index is 2060. The fourth-order valence-electron chi connectivity index (χ4n) is 6.71. The van der Waals surface area contributed by atoms with Crippen molar-refractivity contribution < 1.29 is 74.2 Å². The molecule has 0 radical (unpaired) electrons. The van der Waals surface area contributed by atoms with Crippen molar-refractivity contribution in [1.29, 1.82) is 0 Å². The topological polar surface area (TPSA) is 184 Å². The van der Waals surface area contributed by atoms with Crippen LogP contribution in [0.4, 0.5) is 0 Å². The Balaban J connectivity index is 0.000000241. The van der Waals surface area contributed by atoms with E-state index in [1.54, 1.807) is 0 Å². The molecule has 0 bridgehead atoms. The molecule has 0 amide bonds. The third kappa shape index (κ3) is 21.3. The van der Waals surface area contributed by atoms with Crippen molar-refractivity contribution in [2.45, 2.75) is 0 Å². The zero-order chi connectivity index (χ0) is 47.0. The van der Waals surface area contributed by atoms with Crippen LogP contribution in [-0.4, -0.2) is 0 Å². The van der Waals surface area contributed by atoms with Crippen LogP contribution < -0.4 is 79.7 Å². The predicted molar refractivity (Wildman–Crippen MR) is 260 cm³/mol. The van der Waals surface area contributed by atoms with Gasteiger partial charge in [-0.15, -0.1) is 20.5 Å². The summed E-state index contributed by atoms with van der Waals surface area (Å²) in [6.07, 6.45) is 0. The molecule has 0 spiro atoms. The van der Waals surface area contributed by atoms with Gasteiger partial charge in [0.05, 0.1) is 31.7 Å². The summed E-state index contributed by atoms with van der Waals surface area (Å²) in [6, 6.07) is 87.5. The molecule has 0 aliphatic heterocycles. The van der Waals surface area contributed by atoms with Gasteiger partial charge in [0.2, 0.25) is 0 Å². The summed E-state index contributed by atoms with van der Waals surface area (Å²) in [5.74, 6) is 10.0. The maximum Gasteiger partial charge on any atom is 2.00 e. The molecule has 67 heavy (non-hydrogen) atoms. The van der Waals surface area contributed by atoms with Crippen LogP contribution in [-0.2, 0) is 16.5 Å². The Kier molecular flexibility index (Phi) is 24.4. The van der Waals surface area contributed by atoms with Crippen molar-refractivity contribution in [2.24, 2.45) is 0 Å². The third-order valence-electron chi connectivity index (χ3n) is 9.51. The predicted octanol–water partition coefficient (Wildman–Crippen LogP) is 0.862. The molecule has 0 saturated carbocycles. The van der Waals surface area contributed by atoms with Gasteiger partial charge in [-0.3, -0.25) is 0 Å². The van der Waals surface area contributed by atoms with Gasteiger partial charge in [0.1, 0.15) is 65.7 Å². The van der Waals surface area contributed by atoms with Crippen molar-refractivity contribution in [3.8, 4) is 0 Å². The fraction of sp³-hybridized carbons (Fsp3) is 0. The number of benzene rings is 8. The first kappa shape index (κ1) is 55.3. The van der Waals surface area contributed by atoms with Gasteiger partial charge in [-0.05, 0) is 97.1 Å². The van der Waals surface area contributed by atoms with E-state index in [1.165, 1.54) is 42.4 Å². The Morgan fingerprint density at radius 3 is 0.388 bits per heavy atom. The van der Waals surface area contributed by atoms with E-state index in [9.17, 15) is 0 Å². The van der Waals surface area contributed by atoms with Crippen LogP contribution in [0.25, 0.3) is 0 Å². The van der Waals surface area contributed by atoms with E-state index in [1.807, 2.05) is 0 Å². The van der Waals surface area contributed by atoms with E-state index in [2.05, 4.69) is 266 Å². The van der Waals surface area contributed by atoms with Gasteiger partial charge in [-0.25, -0.2) is 37.3 Å². The average Bonchev–Trinajstić information content (AvgIpc) is 3.33. The largest absolute Gasteiger partial charge is 2.00 e. The first-order valence-corrected chi connectivity index (χ1v) is 29.1. The monoisotopic (exact) mass is 1050 g/mol. The number of hydrogen-bond donors (Lipinski definition) is 0. The molecule has 8 aromatic carbocycles. The minimum absolute atomic E-state index is 0. The van der Waals surface area contributed by atoms with Gasteiger partial charge in [0, 0.05) is 0 Å². The van der Waals surface area contributed by atoms with E-state index in [-0.39, 0.29) is 16.5 Å². The second-order valence-electron chi connectivity index (χ2n) is 14.0. The van der Waals surface area contributed by atoms with E-state index >= 15 is 0 Å². The number of rotatable bonds is 12. The molecule has 8 nitrogen and oxygen atoms in total. The minimum Gasteiger partial charge on any atom is -0.222 e. The molecule has 344 valence electrons. The summed E-state index contributed by atoms with van der Waals surface area (Å²) in [4.78, 5) is 0. The molecule has 15 heteroatoms. The quantitative estimate of drug-likeness (QED) is 0.128. The Labute approximate surface area is 411 Å². The zero-order valence-corrected chi connectivity index (χ0v) is 42.2. The normalized spacial score (nSPS) is 11.3. The number of hydrogen-bond acceptors (Lipinski definition) is 8. The summed E-state index contributed by atoms with van der Waals surface area (Å²) >= 11 is 0. The molecule has 0 aliphatic rings. The van der Waals surface area contributed by atoms with E-state index in [0.717, 1.165) is 0 Å². The Hall–Kier alpha value is -4.29. The molecule has 0 atom stereocenters. The molecule has 0 N–H and O–H groups in total. The van der Waals surface area contributed by atoms with Crippen LogP contribution >= 0.6 is 31.7 Å². The maximum atomic E-state index is 8.49. The summed E-state index contributed by atoms with van der Waals surface area (Å²) in [6.45, 7) is 0. The molecule has 0 unspecified atom stereocenters. The van der Waals surface area contributed by atoms with Gasteiger partial charge in [0.25, 0.3) is 0 Å². The van der Waals surface area contributed by atoms with Gasteiger partial charge >= 0.3 is 16.5 Å². The molecule has 0 fully saturated rings. The molecule has 0 saturated heterocycles. The summed E-state index contributed by atoms with van der Waals surface area (Å²) in [7, 11) is -13.7. The first-order valence-electron chi connectivity index (χ1n) is 20.3. The molecule has 8 rings (SSSR count). The van der Waals surface area contributed by atoms with E-state index in [0.29, 0.717) is 0 Å². The van der Waals surface area contributed by atoms with Crippen molar-refractivity contribution >= 4 is 74.1 Å². The Morgan fingerprint density at radius 1 is 0.209 bits per heavy atom. The second-order valence-corrected chi connectivity index (χ2v) is 24.8. The van der Waals surface area contributed by atoms with Crippen molar-refractivity contribution in [3.05, 3.63) is 266 Å². The molecule has 0 heterocycles. The molecular weight excluding hydrogens is 1010 g/mol. The summed E-state index contributed by atoms with van der Waals surface area (Å²) in [5, 5.41) is 11.4. The van der Waals surface area contributed by atoms with Crippen LogP contribution in [0.5, 0.6) is 0 Å². The van der Waals surface area contributed by atoms with Crippen LogP contribution in [0, 0.1) is 20.5 Å². The van der Waals surface area contributed by atoms with Crippen LogP contribution in [0.3, 0.4) is 0 Å². The second kappa shape index (κ2) is 29.6. The van der Waals surface area contributed by atoms with Gasteiger partial charge in [-0.1, -0.05) is 146 Å². The summed E-state index contributed by atoms with van der Waals surface area (Å²) < 4.78 is 67.9. The average molecular weight is 1050 g/mol. The Morgan fingerprint density at radius 2 is 0.299 bits per heavy atom. The fourth-order valence-corrected chi connectivity index (χ4v) is 16.7. The molecule has 8 aromatic rings. The van der Waals surface area contributed by atoms with Gasteiger partial charge in [0.15, 0.2) is 0 Å². The van der Waals surface area contributed by atoms with E-state index < -0.39 is 52.2 Å². The van der Waals surface area contributed by atoms with Gasteiger partial charge < -0.3 is 0 Å². The smallest absolute Gasteiger partial charge is 0.222 e. The maximum absolute atomic E-state index is 8.49. The zero-order valence-electron chi connectivity index (χ0n) is 35.7. The minimum atomic E-state index is -4.94. The van der Waals surface area contributed by atoms with Crippen molar-refractivity contribution in [1.82, 2.24) is 0 Å². The summed E-state index contributed by atoms with van der Waals surface area (Å²) in [5.41, 5.74) is 0. The van der Waals surface area contributed by atoms with Crippen LogP contribution in [0.15, 0.2) is 266 Å². The molecule has 0 aliphatic carbocycles. The van der Waals surface area contributed by atoms with Gasteiger partial charge in [-0.2, -0.15) is 0 Å². The molecular formula is C52H48Cl2NiO8P4+4. The first-order chi connectivity index (χ1) is 31.8. The van der Waals surface area contributed by atoms with E-state index in [4.69, 9.17) is 37.3 Å². The van der Waals surface area contributed by atoms with Crippen molar-refractivity contribution in [2.75, 3.05) is 0 Å². The standard InChI is InChI=1S/2C26H22P2.2ClHO4.Ni/c2*1-5-13-23(14-6-1)27(24-15-7-2-8-16-24)21-22-28(25-17-9-3-10-18-25)26-19-11-4-12-20-26;2*2-1(3,4)5;/h2*1-22H;2*(H,2,3,4,5);/q;;;;+2/p+2/b2*22-21-;;;. The number of halogens is 2. The third-order valence-corrected chi connectivity index (χ3v) is 19.8. The van der Waals surface area contributed by atoms with Crippen LogP contribution in [0.2, 0.25) is 0 Å². The molecule has 0 aromatic heterocycles. The SMILES string of the molecule is C(=C/[PH+](c1ccccc1)c1ccccc1)/[PH+](c1ccccc1)c1ccccc1.C(=C/[PH+](c1ccccc1)c1ccccc1)/[PH+](c1ccccc1)c1ccccc1.[Ni+2].[O-][Cl+3]([O-])([O-])[O-].[O-][Cl+3]([O-])([O-])[O-].